The summed E-state index contributed by atoms with van der Waals surface area (Å²) in [5, 5.41) is -0.215. The number of aromatic nitrogens is 1. The van der Waals surface area contributed by atoms with Crippen LogP contribution in [0, 0.1) is 5.82 Å². The Morgan fingerprint density at radius 2 is 1.88 bits per heavy atom. The Labute approximate surface area is 146 Å². The average Bonchev–Trinajstić information content (AvgIpc) is 3.36. The molecule has 0 N–H and O–H groups in total. The van der Waals surface area contributed by atoms with Gasteiger partial charge in [0.05, 0.1) is 11.8 Å². The molecule has 2 fully saturated rings. The van der Waals surface area contributed by atoms with Gasteiger partial charge in [-0.15, -0.1) is 0 Å². The van der Waals surface area contributed by atoms with Gasteiger partial charge in [0.1, 0.15) is 17.7 Å². The molecule has 25 heavy (non-hydrogen) atoms. The molecule has 0 radical (unpaired) electrons. The van der Waals surface area contributed by atoms with Crippen LogP contribution >= 0.6 is 0 Å². The van der Waals surface area contributed by atoms with E-state index in [1.54, 1.807) is 18.5 Å². The molecular weight excluding hydrogens is 343 g/mol. The van der Waals surface area contributed by atoms with Gasteiger partial charge in [0.25, 0.3) is 0 Å². The summed E-state index contributed by atoms with van der Waals surface area (Å²) in [6, 6.07) is 8.08. The first-order valence-electron chi connectivity index (χ1n) is 8.39. The minimum atomic E-state index is -3.19. The van der Waals surface area contributed by atoms with Crippen LogP contribution in [0.5, 0.6) is 5.75 Å². The SMILES string of the molecule is O=S(=O)(C1CC1)N1CCC(Oc2cc(F)ccc2-c2ccncc2)C1. The Hall–Kier alpha value is -1.99. The van der Waals surface area contributed by atoms with Crippen LogP contribution in [0.15, 0.2) is 42.7 Å². The molecule has 132 valence electrons. The number of hydrogen-bond acceptors (Lipinski definition) is 4. The third-order valence-electron chi connectivity index (χ3n) is 4.64. The van der Waals surface area contributed by atoms with Gasteiger partial charge in [-0.25, -0.2) is 12.8 Å². The van der Waals surface area contributed by atoms with E-state index in [0.717, 1.165) is 24.0 Å². The summed E-state index contributed by atoms with van der Waals surface area (Å²) in [5.41, 5.74) is 1.65. The lowest BCUT2D eigenvalue weighted by atomic mass is 10.1. The molecule has 1 aliphatic heterocycles. The maximum absolute atomic E-state index is 13.7. The number of sulfonamides is 1. The lowest BCUT2D eigenvalue weighted by Crippen LogP contribution is -2.33. The standard InChI is InChI=1S/C18H19FN2O3S/c19-14-1-4-17(13-5-8-20-9-6-13)18(11-14)24-15-7-10-21(12-15)25(22,23)16-2-3-16/h1,4-6,8-9,11,15-16H,2-3,7,10,12H2. The van der Waals surface area contributed by atoms with Crippen molar-refractivity contribution in [2.24, 2.45) is 0 Å². The van der Waals surface area contributed by atoms with Crippen molar-refractivity contribution in [3.8, 4) is 16.9 Å². The molecular formula is C18H19FN2O3S. The summed E-state index contributed by atoms with van der Waals surface area (Å²) in [7, 11) is -3.19. The Balaban J connectivity index is 1.54. The zero-order valence-corrected chi connectivity index (χ0v) is 14.5. The molecule has 1 aromatic heterocycles. The zero-order valence-electron chi connectivity index (χ0n) is 13.6. The van der Waals surface area contributed by atoms with Crippen LogP contribution in [0.3, 0.4) is 0 Å². The van der Waals surface area contributed by atoms with Crippen molar-refractivity contribution < 1.29 is 17.5 Å². The highest BCUT2D eigenvalue weighted by atomic mass is 32.2. The van der Waals surface area contributed by atoms with E-state index in [1.807, 2.05) is 12.1 Å². The van der Waals surface area contributed by atoms with Crippen molar-refractivity contribution in [2.75, 3.05) is 13.1 Å². The molecule has 2 aromatic rings. The number of benzene rings is 1. The maximum atomic E-state index is 13.7. The van der Waals surface area contributed by atoms with Crippen LogP contribution in [-0.4, -0.2) is 42.2 Å². The van der Waals surface area contributed by atoms with Crippen molar-refractivity contribution in [3.05, 3.63) is 48.5 Å². The molecule has 2 aliphatic rings. The first kappa shape index (κ1) is 16.5. The highest BCUT2D eigenvalue weighted by molar-refractivity contribution is 7.90. The predicted molar refractivity (Wildman–Crippen MR) is 92.2 cm³/mol. The molecule has 1 aliphatic carbocycles. The molecule has 2 heterocycles. The molecule has 1 aromatic carbocycles. The van der Waals surface area contributed by atoms with Crippen LogP contribution < -0.4 is 4.74 Å². The number of ether oxygens (including phenoxy) is 1. The van der Waals surface area contributed by atoms with Gasteiger partial charge in [-0.05, 0) is 49.1 Å². The Morgan fingerprint density at radius 1 is 1.12 bits per heavy atom. The highest BCUT2D eigenvalue weighted by Crippen LogP contribution is 2.35. The second-order valence-electron chi connectivity index (χ2n) is 6.51. The van der Waals surface area contributed by atoms with Gasteiger partial charge >= 0.3 is 0 Å². The Bertz CT molecular complexity index is 869. The van der Waals surface area contributed by atoms with E-state index in [2.05, 4.69) is 4.98 Å². The van der Waals surface area contributed by atoms with Gasteiger partial charge in [0.15, 0.2) is 0 Å². The summed E-state index contributed by atoms with van der Waals surface area (Å²) >= 11 is 0. The largest absolute Gasteiger partial charge is 0.488 e. The number of nitrogens with zero attached hydrogens (tertiary/aromatic N) is 2. The fraction of sp³-hybridized carbons (Fsp3) is 0.389. The monoisotopic (exact) mass is 362 g/mol. The lowest BCUT2D eigenvalue weighted by Gasteiger charge is -2.18. The van der Waals surface area contributed by atoms with Crippen LogP contribution in [-0.2, 0) is 10.0 Å². The number of rotatable bonds is 5. The molecule has 5 nitrogen and oxygen atoms in total. The number of hydrogen-bond donors (Lipinski definition) is 0. The minimum Gasteiger partial charge on any atom is -0.488 e. The topological polar surface area (TPSA) is 59.5 Å². The number of pyridine rings is 1. The predicted octanol–water partition coefficient (Wildman–Crippen LogP) is 2.83. The van der Waals surface area contributed by atoms with Crippen LogP contribution in [0.2, 0.25) is 0 Å². The smallest absolute Gasteiger partial charge is 0.217 e. The van der Waals surface area contributed by atoms with E-state index in [0.29, 0.717) is 25.3 Å². The normalized spacial score (nSPS) is 21.4. The third kappa shape index (κ3) is 3.39. The zero-order chi connectivity index (χ0) is 17.4. The fourth-order valence-corrected chi connectivity index (χ4v) is 5.03. The van der Waals surface area contributed by atoms with E-state index < -0.39 is 10.0 Å². The second-order valence-corrected chi connectivity index (χ2v) is 8.72. The van der Waals surface area contributed by atoms with Crippen molar-refractivity contribution in [2.45, 2.75) is 30.6 Å². The van der Waals surface area contributed by atoms with Crippen molar-refractivity contribution in [1.29, 1.82) is 0 Å². The van der Waals surface area contributed by atoms with Crippen LogP contribution in [0.4, 0.5) is 4.39 Å². The van der Waals surface area contributed by atoms with E-state index in [4.69, 9.17) is 4.74 Å². The quantitative estimate of drug-likeness (QED) is 0.821. The second kappa shape index (κ2) is 6.38. The maximum Gasteiger partial charge on any atom is 0.217 e. The molecule has 7 heteroatoms. The summed E-state index contributed by atoms with van der Waals surface area (Å²) < 4.78 is 45.9. The molecule has 1 saturated heterocycles. The Kier molecular flexibility index (Phi) is 4.21. The molecule has 0 spiro atoms. The van der Waals surface area contributed by atoms with Gasteiger partial charge in [-0.3, -0.25) is 4.98 Å². The molecule has 0 amide bonds. The first-order chi connectivity index (χ1) is 12.0. The summed E-state index contributed by atoms with van der Waals surface area (Å²) in [6.07, 6.45) is 5.18. The van der Waals surface area contributed by atoms with Crippen molar-refractivity contribution in [1.82, 2.24) is 9.29 Å². The van der Waals surface area contributed by atoms with Crippen LogP contribution in [0.25, 0.3) is 11.1 Å². The summed E-state index contributed by atoms with van der Waals surface area (Å²) in [5.74, 6) is 0.0510. The van der Waals surface area contributed by atoms with E-state index >= 15 is 0 Å². The molecule has 1 unspecified atom stereocenters. The van der Waals surface area contributed by atoms with Crippen molar-refractivity contribution >= 4 is 10.0 Å². The molecule has 1 saturated carbocycles. The van der Waals surface area contributed by atoms with Gasteiger partial charge in [-0.1, -0.05) is 0 Å². The van der Waals surface area contributed by atoms with Crippen molar-refractivity contribution in [3.63, 3.8) is 0 Å². The van der Waals surface area contributed by atoms with Gasteiger partial charge in [0.2, 0.25) is 10.0 Å². The third-order valence-corrected chi connectivity index (χ3v) is 7.01. The van der Waals surface area contributed by atoms with Crippen LogP contribution in [0.1, 0.15) is 19.3 Å². The molecule has 4 rings (SSSR count). The van der Waals surface area contributed by atoms with Gasteiger partial charge in [-0.2, -0.15) is 4.31 Å². The minimum absolute atomic E-state index is 0.215. The highest BCUT2D eigenvalue weighted by Gasteiger charge is 2.43. The first-order valence-corrected chi connectivity index (χ1v) is 9.90. The molecule has 1 atom stereocenters. The fourth-order valence-electron chi connectivity index (χ4n) is 3.14. The lowest BCUT2D eigenvalue weighted by molar-refractivity contribution is 0.215. The molecule has 0 bridgehead atoms. The summed E-state index contributed by atoms with van der Waals surface area (Å²) in [6.45, 7) is 0.786. The van der Waals surface area contributed by atoms with E-state index in [9.17, 15) is 12.8 Å². The van der Waals surface area contributed by atoms with Gasteiger partial charge < -0.3 is 4.74 Å². The van der Waals surface area contributed by atoms with E-state index in [1.165, 1.54) is 16.4 Å². The summed E-state index contributed by atoms with van der Waals surface area (Å²) in [4.78, 5) is 3.99. The average molecular weight is 362 g/mol. The van der Waals surface area contributed by atoms with Gasteiger partial charge in [0, 0.05) is 30.6 Å². The Morgan fingerprint density at radius 3 is 2.60 bits per heavy atom. The number of halogens is 1. The van der Waals surface area contributed by atoms with E-state index in [-0.39, 0.29) is 17.2 Å².